The van der Waals surface area contributed by atoms with E-state index in [1.165, 1.54) is 6.07 Å². The lowest BCUT2D eigenvalue weighted by atomic mass is 9.90. The van der Waals surface area contributed by atoms with Gasteiger partial charge in [0.25, 0.3) is 0 Å². The van der Waals surface area contributed by atoms with Crippen molar-refractivity contribution in [3.63, 3.8) is 0 Å². The number of fused-ring (bicyclic) bond motifs is 1. The summed E-state index contributed by atoms with van der Waals surface area (Å²) in [5, 5.41) is 12.7. The van der Waals surface area contributed by atoms with E-state index in [-0.39, 0.29) is 6.42 Å². The lowest BCUT2D eigenvalue weighted by Gasteiger charge is -2.31. The van der Waals surface area contributed by atoms with E-state index in [0.29, 0.717) is 17.8 Å². The van der Waals surface area contributed by atoms with Crippen LogP contribution in [0, 0.1) is 0 Å². The first-order chi connectivity index (χ1) is 7.28. The molecule has 2 nitrogen and oxygen atoms in total. The first kappa shape index (κ1) is 11.3. The fourth-order valence-corrected chi connectivity index (χ4v) is 1.85. The van der Waals surface area contributed by atoms with E-state index in [4.69, 9.17) is 0 Å². The Bertz CT molecular complexity index is 412. The van der Waals surface area contributed by atoms with Gasteiger partial charge in [0, 0.05) is 18.7 Å². The minimum atomic E-state index is -4.33. The number of rotatable bonds is 0. The van der Waals surface area contributed by atoms with Crippen LogP contribution in [0.25, 0.3) is 0 Å². The van der Waals surface area contributed by atoms with Gasteiger partial charge in [-0.05, 0) is 30.7 Å². The van der Waals surface area contributed by atoms with E-state index in [0.717, 1.165) is 12.1 Å². The van der Waals surface area contributed by atoms with Gasteiger partial charge in [0.1, 0.15) is 0 Å². The molecule has 0 aliphatic carbocycles. The van der Waals surface area contributed by atoms with Crippen LogP contribution in [0.2, 0.25) is 0 Å². The van der Waals surface area contributed by atoms with Crippen molar-refractivity contribution in [2.24, 2.45) is 0 Å². The average Bonchev–Trinajstić information content (AvgIpc) is 2.13. The summed E-state index contributed by atoms with van der Waals surface area (Å²) in [5.41, 5.74) is -0.492. The number of nitrogens with one attached hydrogen (secondary N) is 1. The zero-order valence-electron chi connectivity index (χ0n) is 8.73. The normalized spacial score (nSPS) is 24.8. The standard InChI is InChI=1S/C11H12F3NO/c1-10(16)5-7-4-8(11(12,13)14)2-3-9(7)15-6-10/h2-4,15-16H,5-6H2,1H3. The average molecular weight is 231 g/mol. The second-order valence-corrected chi connectivity index (χ2v) is 4.40. The van der Waals surface area contributed by atoms with Gasteiger partial charge in [0.05, 0.1) is 11.2 Å². The van der Waals surface area contributed by atoms with Crippen LogP contribution in [-0.4, -0.2) is 17.3 Å². The van der Waals surface area contributed by atoms with Crippen LogP contribution in [0.1, 0.15) is 18.1 Å². The van der Waals surface area contributed by atoms with Gasteiger partial charge in [-0.2, -0.15) is 13.2 Å². The van der Waals surface area contributed by atoms with Gasteiger partial charge in [0.2, 0.25) is 0 Å². The molecule has 2 N–H and O–H groups in total. The second kappa shape index (κ2) is 3.38. The summed E-state index contributed by atoms with van der Waals surface area (Å²) in [6.45, 7) is 1.95. The molecule has 1 aliphatic rings. The van der Waals surface area contributed by atoms with Crippen LogP contribution >= 0.6 is 0 Å². The van der Waals surface area contributed by atoms with Crippen molar-refractivity contribution in [1.29, 1.82) is 0 Å². The molecule has 1 aromatic rings. The highest BCUT2D eigenvalue weighted by Gasteiger charge is 2.33. The van der Waals surface area contributed by atoms with Crippen molar-refractivity contribution in [2.75, 3.05) is 11.9 Å². The molecule has 0 saturated heterocycles. The Morgan fingerprint density at radius 2 is 2.06 bits per heavy atom. The number of anilines is 1. The lowest BCUT2D eigenvalue weighted by molar-refractivity contribution is -0.137. The molecule has 1 heterocycles. The summed E-state index contributed by atoms with van der Waals surface area (Å²) in [5.74, 6) is 0. The van der Waals surface area contributed by atoms with Gasteiger partial charge >= 0.3 is 6.18 Å². The van der Waals surface area contributed by atoms with E-state index in [9.17, 15) is 18.3 Å². The molecular formula is C11H12F3NO. The van der Waals surface area contributed by atoms with E-state index < -0.39 is 17.3 Å². The highest BCUT2D eigenvalue weighted by molar-refractivity contribution is 5.56. The molecule has 1 atom stereocenters. The number of benzene rings is 1. The Morgan fingerprint density at radius 3 is 2.69 bits per heavy atom. The first-order valence-corrected chi connectivity index (χ1v) is 4.94. The monoisotopic (exact) mass is 231 g/mol. The maximum Gasteiger partial charge on any atom is 0.416 e. The quantitative estimate of drug-likeness (QED) is 0.718. The van der Waals surface area contributed by atoms with Crippen molar-refractivity contribution in [3.05, 3.63) is 29.3 Å². The molecule has 88 valence electrons. The summed E-state index contributed by atoms with van der Waals surface area (Å²) >= 11 is 0. The van der Waals surface area contributed by atoms with E-state index >= 15 is 0 Å². The number of halogens is 3. The lowest BCUT2D eigenvalue weighted by Crippen LogP contribution is -2.39. The summed E-state index contributed by atoms with van der Waals surface area (Å²) < 4.78 is 37.4. The van der Waals surface area contributed by atoms with Gasteiger partial charge < -0.3 is 10.4 Å². The van der Waals surface area contributed by atoms with Crippen LogP contribution in [0.3, 0.4) is 0 Å². The molecule has 1 unspecified atom stereocenters. The number of hydrogen-bond acceptors (Lipinski definition) is 2. The van der Waals surface area contributed by atoms with Crippen molar-refractivity contribution >= 4 is 5.69 Å². The predicted molar refractivity (Wildman–Crippen MR) is 54.3 cm³/mol. The van der Waals surface area contributed by atoms with E-state index in [1.807, 2.05) is 0 Å². The first-order valence-electron chi connectivity index (χ1n) is 4.94. The van der Waals surface area contributed by atoms with Gasteiger partial charge in [0.15, 0.2) is 0 Å². The largest absolute Gasteiger partial charge is 0.416 e. The fourth-order valence-electron chi connectivity index (χ4n) is 1.85. The van der Waals surface area contributed by atoms with Gasteiger partial charge in [-0.1, -0.05) is 0 Å². The van der Waals surface area contributed by atoms with Crippen LogP contribution in [0.15, 0.2) is 18.2 Å². The van der Waals surface area contributed by atoms with Crippen molar-refractivity contribution in [3.8, 4) is 0 Å². The number of alkyl halides is 3. The van der Waals surface area contributed by atoms with Gasteiger partial charge in [-0.15, -0.1) is 0 Å². The molecule has 0 spiro atoms. The highest BCUT2D eigenvalue weighted by Crippen LogP contribution is 2.34. The van der Waals surface area contributed by atoms with Crippen molar-refractivity contribution in [1.82, 2.24) is 0 Å². The molecule has 5 heteroatoms. The Hall–Kier alpha value is -1.23. The minimum Gasteiger partial charge on any atom is -0.388 e. The molecule has 0 aromatic heterocycles. The molecule has 1 aliphatic heterocycles. The maximum atomic E-state index is 12.5. The summed E-state index contributed by atoms with van der Waals surface area (Å²) in [6, 6.07) is 3.55. The molecule has 0 fully saturated rings. The van der Waals surface area contributed by atoms with Crippen LogP contribution in [-0.2, 0) is 12.6 Å². The molecule has 0 bridgehead atoms. The minimum absolute atomic E-state index is 0.235. The van der Waals surface area contributed by atoms with Crippen LogP contribution < -0.4 is 5.32 Å². The second-order valence-electron chi connectivity index (χ2n) is 4.40. The summed E-state index contributed by atoms with van der Waals surface area (Å²) in [6.07, 6.45) is -4.10. The van der Waals surface area contributed by atoms with E-state index in [1.54, 1.807) is 6.92 Å². The molecule has 0 radical (unpaired) electrons. The zero-order valence-corrected chi connectivity index (χ0v) is 8.73. The SMILES string of the molecule is CC1(O)CNc2ccc(C(F)(F)F)cc2C1. The van der Waals surface area contributed by atoms with E-state index in [2.05, 4.69) is 5.32 Å². The summed E-state index contributed by atoms with van der Waals surface area (Å²) in [4.78, 5) is 0. The smallest absolute Gasteiger partial charge is 0.388 e. The van der Waals surface area contributed by atoms with Gasteiger partial charge in [-0.25, -0.2) is 0 Å². The zero-order chi connectivity index (χ0) is 12.0. The topological polar surface area (TPSA) is 32.3 Å². The van der Waals surface area contributed by atoms with Crippen molar-refractivity contribution in [2.45, 2.75) is 25.1 Å². The van der Waals surface area contributed by atoms with Crippen LogP contribution in [0.5, 0.6) is 0 Å². The molecule has 1 aromatic carbocycles. The molecule has 2 rings (SSSR count). The Morgan fingerprint density at radius 1 is 1.38 bits per heavy atom. The Kier molecular flexibility index (Phi) is 2.38. The molecule has 0 saturated carbocycles. The fraction of sp³-hybridized carbons (Fsp3) is 0.455. The number of β-amino-alcohol motifs (C(OH)–C–C–N with tert-alkyl or cyclic N) is 1. The third kappa shape index (κ3) is 2.14. The summed E-state index contributed by atoms with van der Waals surface area (Å²) in [7, 11) is 0. The molecule has 16 heavy (non-hydrogen) atoms. The van der Waals surface area contributed by atoms with Crippen LogP contribution in [0.4, 0.5) is 18.9 Å². The molecular weight excluding hydrogens is 219 g/mol. The maximum absolute atomic E-state index is 12.5. The van der Waals surface area contributed by atoms with Gasteiger partial charge in [-0.3, -0.25) is 0 Å². The third-order valence-electron chi connectivity index (χ3n) is 2.66. The number of aliphatic hydroxyl groups is 1. The third-order valence-corrected chi connectivity index (χ3v) is 2.66. The highest BCUT2D eigenvalue weighted by atomic mass is 19.4. The molecule has 0 amide bonds. The van der Waals surface area contributed by atoms with Crippen molar-refractivity contribution < 1.29 is 18.3 Å². The Balaban J connectivity index is 2.39. The number of hydrogen-bond donors (Lipinski definition) is 2. The Labute approximate surface area is 91.1 Å². The predicted octanol–water partition coefficient (Wildman–Crippen LogP) is 2.42.